The van der Waals surface area contributed by atoms with E-state index in [1.165, 1.54) is 17.7 Å². The van der Waals surface area contributed by atoms with E-state index in [0.29, 0.717) is 18.5 Å². The zero-order chi connectivity index (χ0) is 18.7. The van der Waals surface area contributed by atoms with Crippen molar-refractivity contribution in [1.29, 1.82) is 0 Å². The highest BCUT2D eigenvalue weighted by Crippen LogP contribution is 2.19. The third-order valence-electron chi connectivity index (χ3n) is 4.46. The van der Waals surface area contributed by atoms with Gasteiger partial charge in [0.05, 0.1) is 5.56 Å². The summed E-state index contributed by atoms with van der Waals surface area (Å²) in [5.74, 6) is -0.734. The van der Waals surface area contributed by atoms with Crippen LogP contribution in [0.15, 0.2) is 41.3 Å². The highest BCUT2D eigenvalue weighted by molar-refractivity contribution is 5.99. The first-order valence-electron chi connectivity index (χ1n) is 8.81. The van der Waals surface area contributed by atoms with Crippen molar-refractivity contribution in [3.8, 4) is 0 Å². The van der Waals surface area contributed by atoms with Crippen molar-refractivity contribution in [2.45, 2.75) is 38.8 Å². The Bertz CT molecular complexity index is 897. The number of carbonyl (C=O) groups excluding carboxylic acids is 2. The van der Waals surface area contributed by atoms with Gasteiger partial charge in [-0.3, -0.25) is 14.4 Å². The number of rotatable bonds is 6. The number of pyridine rings is 1. The number of nitrogens with one attached hydrogen (secondary N) is 2. The highest BCUT2D eigenvalue weighted by Gasteiger charge is 2.25. The van der Waals surface area contributed by atoms with Gasteiger partial charge in [-0.25, -0.2) is 0 Å². The number of benzene rings is 1. The Morgan fingerprint density at radius 2 is 1.96 bits per heavy atom. The molecule has 3 rings (SSSR count). The highest BCUT2D eigenvalue weighted by atomic mass is 16.2. The molecule has 2 amide bonds. The monoisotopic (exact) mass is 353 g/mol. The number of hydrogen-bond donors (Lipinski definition) is 2. The van der Waals surface area contributed by atoms with Crippen molar-refractivity contribution in [2.24, 2.45) is 0 Å². The Balaban J connectivity index is 1.89. The maximum absolute atomic E-state index is 12.6. The van der Waals surface area contributed by atoms with Crippen molar-refractivity contribution in [2.75, 3.05) is 7.05 Å². The van der Waals surface area contributed by atoms with Gasteiger partial charge in [0, 0.05) is 25.8 Å². The molecule has 26 heavy (non-hydrogen) atoms. The summed E-state index contributed by atoms with van der Waals surface area (Å²) >= 11 is 0. The molecule has 0 aliphatic heterocycles. The predicted molar refractivity (Wildman–Crippen MR) is 99.5 cm³/mol. The number of aromatic nitrogens is 1. The average Bonchev–Trinajstić information content (AvgIpc) is 3.44. The first-order valence-corrected chi connectivity index (χ1v) is 8.81. The first kappa shape index (κ1) is 17.9. The molecule has 0 spiro atoms. The fourth-order valence-corrected chi connectivity index (χ4v) is 2.84. The second kappa shape index (κ2) is 7.56. The molecule has 1 heterocycles. The summed E-state index contributed by atoms with van der Waals surface area (Å²) < 4.78 is 1.45. The van der Waals surface area contributed by atoms with E-state index in [2.05, 4.69) is 16.7 Å². The summed E-state index contributed by atoms with van der Waals surface area (Å²) in [6, 6.07) is 9.64. The van der Waals surface area contributed by atoms with Crippen LogP contribution in [0, 0.1) is 6.92 Å². The van der Waals surface area contributed by atoms with E-state index < -0.39 is 5.91 Å². The van der Waals surface area contributed by atoms with Crippen LogP contribution in [0.5, 0.6) is 0 Å². The van der Waals surface area contributed by atoms with E-state index in [1.807, 2.05) is 25.1 Å². The van der Waals surface area contributed by atoms with Crippen molar-refractivity contribution in [3.05, 3.63) is 69.1 Å². The van der Waals surface area contributed by atoms with Crippen molar-refractivity contribution in [1.82, 2.24) is 15.2 Å². The summed E-state index contributed by atoms with van der Waals surface area (Å²) in [6.07, 6.45) is 4.13. The van der Waals surface area contributed by atoms with Gasteiger partial charge in [0.1, 0.15) is 5.56 Å². The normalized spacial score (nSPS) is 13.3. The van der Waals surface area contributed by atoms with Gasteiger partial charge in [0.2, 0.25) is 0 Å². The molecule has 1 aromatic carbocycles. The molecule has 0 atom stereocenters. The molecule has 136 valence electrons. The van der Waals surface area contributed by atoms with Crippen LogP contribution < -0.4 is 16.2 Å². The van der Waals surface area contributed by atoms with E-state index in [9.17, 15) is 14.4 Å². The number of carbonyl (C=O) groups is 2. The van der Waals surface area contributed by atoms with Crippen molar-refractivity contribution >= 4 is 11.8 Å². The molecule has 0 radical (unpaired) electrons. The van der Waals surface area contributed by atoms with Crippen LogP contribution in [-0.4, -0.2) is 29.5 Å². The lowest BCUT2D eigenvalue weighted by Gasteiger charge is -2.12. The van der Waals surface area contributed by atoms with Gasteiger partial charge in [0.15, 0.2) is 0 Å². The molecule has 1 saturated carbocycles. The average molecular weight is 353 g/mol. The number of hydrogen-bond acceptors (Lipinski definition) is 3. The fraction of sp³-hybridized carbons (Fsp3) is 0.350. The topological polar surface area (TPSA) is 80.2 Å². The molecule has 2 N–H and O–H groups in total. The first-order chi connectivity index (χ1) is 12.5. The molecule has 1 fully saturated rings. The van der Waals surface area contributed by atoms with Gasteiger partial charge in [-0.2, -0.15) is 0 Å². The second-order valence-electron chi connectivity index (χ2n) is 6.71. The van der Waals surface area contributed by atoms with E-state index >= 15 is 0 Å². The minimum Gasteiger partial charge on any atom is -0.355 e. The fourth-order valence-electron chi connectivity index (χ4n) is 2.84. The molecule has 6 nitrogen and oxygen atoms in total. The van der Waals surface area contributed by atoms with E-state index in [1.54, 1.807) is 6.20 Å². The third-order valence-corrected chi connectivity index (χ3v) is 4.46. The summed E-state index contributed by atoms with van der Waals surface area (Å²) in [6.45, 7) is 2.42. The Morgan fingerprint density at radius 1 is 1.19 bits per heavy atom. The Morgan fingerprint density at radius 3 is 2.62 bits per heavy atom. The van der Waals surface area contributed by atoms with Crippen molar-refractivity contribution < 1.29 is 9.59 Å². The zero-order valence-corrected chi connectivity index (χ0v) is 15.0. The summed E-state index contributed by atoms with van der Waals surface area (Å²) in [7, 11) is 1.47. The lowest BCUT2D eigenvalue weighted by atomic mass is 10.1. The minimum absolute atomic E-state index is 0.0137. The van der Waals surface area contributed by atoms with Gasteiger partial charge in [-0.1, -0.05) is 29.8 Å². The van der Waals surface area contributed by atoms with Crippen LogP contribution >= 0.6 is 0 Å². The van der Waals surface area contributed by atoms with Crippen LogP contribution in [0.4, 0.5) is 0 Å². The van der Waals surface area contributed by atoms with Crippen LogP contribution in [0.3, 0.4) is 0 Å². The smallest absolute Gasteiger partial charge is 0.263 e. The number of nitrogens with zero attached hydrogens (tertiary/aromatic N) is 1. The third kappa shape index (κ3) is 4.20. The maximum atomic E-state index is 12.6. The van der Waals surface area contributed by atoms with E-state index in [-0.39, 0.29) is 23.1 Å². The van der Waals surface area contributed by atoms with E-state index in [0.717, 1.165) is 24.0 Å². The van der Waals surface area contributed by atoms with Gasteiger partial charge < -0.3 is 15.2 Å². The quantitative estimate of drug-likeness (QED) is 0.829. The Labute approximate surface area is 152 Å². The standard InChI is InChI=1S/C20H23N3O3/c1-13-4-3-5-14(10-13)8-9-23-12-15(18(24)22-16-6-7-16)11-17(20(23)26)19(25)21-2/h3-5,10-12,16H,6-9H2,1-2H3,(H,21,25)(H,22,24). The van der Waals surface area contributed by atoms with Crippen LogP contribution in [0.25, 0.3) is 0 Å². The molecule has 0 saturated heterocycles. The van der Waals surface area contributed by atoms with Crippen molar-refractivity contribution in [3.63, 3.8) is 0 Å². The largest absolute Gasteiger partial charge is 0.355 e. The molecule has 1 aliphatic carbocycles. The Hall–Kier alpha value is -2.89. The maximum Gasteiger partial charge on any atom is 0.263 e. The predicted octanol–water partition coefficient (Wildman–Crippen LogP) is 1.65. The summed E-state index contributed by atoms with van der Waals surface area (Å²) in [5.41, 5.74) is 2.18. The van der Waals surface area contributed by atoms with Crippen LogP contribution in [-0.2, 0) is 13.0 Å². The number of amides is 2. The summed E-state index contributed by atoms with van der Waals surface area (Å²) in [4.78, 5) is 37.1. The van der Waals surface area contributed by atoms with Crippen LogP contribution in [0.1, 0.15) is 44.7 Å². The molecule has 6 heteroatoms. The van der Waals surface area contributed by atoms with Gasteiger partial charge in [-0.05, 0) is 37.8 Å². The molecule has 0 unspecified atom stereocenters. The molecular formula is C20H23N3O3. The van der Waals surface area contributed by atoms with Gasteiger partial charge >= 0.3 is 0 Å². The zero-order valence-electron chi connectivity index (χ0n) is 15.0. The SMILES string of the molecule is CNC(=O)c1cc(C(=O)NC2CC2)cn(CCc2cccc(C)c2)c1=O. The van der Waals surface area contributed by atoms with E-state index in [4.69, 9.17) is 0 Å². The van der Waals surface area contributed by atoms with Gasteiger partial charge in [0.25, 0.3) is 17.4 Å². The molecule has 0 bridgehead atoms. The molecular weight excluding hydrogens is 330 g/mol. The lowest BCUT2D eigenvalue weighted by molar-refractivity contribution is 0.0950. The summed E-state index contributed by atoms with van der Waals surface area (Å²) in [5, 5.41) is 5.36. The van der Waals surface area contributed by atoms with Gasteiger partial charge in [-0.15, -0.1) is 0 Å². The number of aryl methyl sites for hydroxylation is 3. The van der Waals surface area contributed by atoms with Crippen LogP contribution in [0.2, 0.25) is 0 Å². The second-order valence-corrected chi connectivity index (χ2v) is 6.71. The lowest BCUT2D eigenvalue weighted by Crippen LogP contribution is -2.34. The molecule has 2 aromatic rings. The Kier molecular flexibility index (Phi) is 5.21. The minimum atomic E-state index is -0.486. The molecule has 1 aromatic heterocycles. The molecule has 1 aliphatic rings.